The molecule has 0 atom stereocenters. The van der Waals surface area contributed by atoms with Gasteiger partial charge in [-0.1, -0.05) is 6.42 Å². The summed E-state index contributed by atoms with van der Waals surface area (Å²) in [5.74, 6) is -0.0220. The van der Waals surface area contributed by atoms with E-state index in [2.05, 4.69) is 15.2 Å². The predicted molar refractivity (Wildman–Crippen MR) is 93.6 cm³/mol. The molecule has 2 heterocycles. The summed E-state index contributed by atoms with van der Waals surface area (Å²) >= 11 is 5.19. The van der Waals surface area contributed by atoms with Crippen molar-refractivity contribution in [3.63, 3.8) is 0 Å². The number of aromatic amines is 1. The number of H-pyrrole nitrogens is 1. The van der Waals surface area contributed by atoms with Crippen LogP contribution >= 0.6 is 12.2 Å². The highest BCUT2D eigenvalue weighted by molar-refractivity contribution is 7.71. The second-order valence-corrected chi connectivity index (χ2v) is 6.23. The number of hydrogen-bond acceptors (Lipinski definition) is 3. The molecule has 5 nitrogen and oxygen atoms in total. The Labute approximate surface area is 141 Å². The molecule has 0 spiro atoms. The second-order valence-electron chi connectivity index (χ2n) is 5.84. The first-order valence-electron chi connectivity index (χ1n) is 8.11. The van der Waals surface area contributed by atoms with Crippen LogP contribution in [0.3, 0.4) is 0 Å². The van der Waals surface area contributed by atoms with Gasteiger partial charge < -0.3 is 15.2 Å². The van der Waals surface area contributed by atoms with Crippen molar-refractivity contribution >= 4 is 18.1 Å². The summed E-state index contributed by atoms with van der Waals surface area (Å²) in [5, 5.41) is 3.00. The van der Waals surface area contributed by atoms with Gasteiger partial charge in [0.1, 0.15) is 0 Å². The molecule has 0 radical (unpaired) electrons. The number of benzene rings is 1. The van der Waals surface area contributed by atoms with Crippen LogP contribution in [0.2, 0.25) is 0 Å². The Hall–Kier alpha value is -1.92. The van der Waals surface area contributed by atoms with Crippen LogP contribution in [0.1, 0.15) is 29.6 Å². The minimum atomic E-state index is -0.0220. The number of carbonyl (C=O) groups is 1. The molecule has 23 heavy (non-hydrogen) atoms. The highest BCUT2D eigenvalue weighted by Gasteiger charge is 2.10. The van der Waals surface area contributed by atoms with E-state index < -0.39 is 0 Å². The number of aromatic nitrogens is 2. The number of piperidine rings is 1. The van der Waals surface area contributed by atoms with E-state index in [4.69, 9.17) is 12.2 Å². The molecule has 0 saturated carbocycles. The number of amides is 1. The lowest BCUT2D eigenvalue weighted by Crippen LogP contribution is -2.37. The Morgan fingerprint density at radius 2 is 1.91 bits per heavy atom. The zero-order chi connectivity index (χ0) is 16.1. The number of hydrogen-bond donors (Lipinski definition) is 2. The first-order chi connectivity index (χ1) is 11.2. The fourth-order valence-electron chi connectivity index (χ4n) is 2.91. The summed E-state index contributed by atoms with van der Waals surface area (Å²) in [6, 6.07) is 7.48. The summed E-state index contributed by atoms with van der Waals surface area (Å²) in [7, 11) is 0. The third kappa shape index (κ3) is 4.09. The number of carbonyl (C=O) groups excluding carboxylic acids is 1. The third-order valence-electron chi connectivity index (χ3n) is 4.22. The summed E-state index contributed by atoms with van der Waals surface area (Å²) in [4.78, 5) is 17.6. The van der Waals surface area contributed by atoms with Crippen molar-refractivity contribution in [2.45, 2.75) is 19.3 Å². The first-order valence-corrected chi connectivity index (χ1v) is 8.52. The van der Waals surface area contributed by atoms with Crippen LogP contribution in [0.5, 0.6) is 0 Å². The van der Waals surface area contributed by atoms with Gasteiger partial charge in [0.15, 0.2) is 4.77 Å². The zero-order valence-corrected chi connectivity index (χ0v) is 13.9. The van der Waals surface area contributed by atoms with Crippen LogP contribution in [0, 0.1) is 4.77 Å². The summed E-state index contributed by atoms with van der Waals surface area (Å²) in [6.45, 7) is 3.94. The van der Waals surface area contributed by atoms with Gasteiger partial charge in [0.05, 0.1) is 0 Å². The topological polar surface area (TPSA) is 53.1 Å². The van der Waals surface area contributed by atoms with E-state index in [-0.39, 0.29) is 5.91 Å². The van der Waals surface area contributed by atoms with Crippen molar-refractivity contribution in [3.8, 4) is 5.69 Å². The van der Waals surface area contributed by atoms with E-state index in [1.165, 1.54) is 19.3 Å². The van der Waals surface area contributed by atoms with Gasteiger partial charge in [0, 0.05) is 36.7 Å². The SMILES string of the molecule is O=C(NCCN1CCCCC1)c1ccc(-n2cc[nH]c2=S)cc1. The first kappa shape index (κ1) is 16.0. The van der Waals surface area contributed by atoms with Gasteiger partial charge in [-0.3, -0.25) is 9.36 Å². The normalized spacial score (nSPS) is 15.5. The molecule has 1 aliphatic heterocycles. The highest BCUT2D eigenvalue weighted by Crippen LogP contribution is 2.11. The van der Waals surface area contributed by atoms with Crippen molar-refractivity contribution in [1.29, 1.82) is 0 Å². The molecule has 3 rings (SSSR count). The average Bonchev–Trinajstić information content (AvgIpc) is 3.02. The molecule has 2 aromatic rings. The minimum absolute atomic E-state index is 0.0220. The van der Waals surface area contributed by atoms with Crippen molar-refractivity contribution in [1.82, 2.24) is 19.8 Å². The Kier molecular flexibility index (Phi) is 5.25. The highest BCUT2D eigenvalue weighted by atomic mass is 32.1. The van der Waals surface area contributed by atoms with E-state index in [9.17, 15) is 4.79 Å². The second kappa shape index (κ2) is 7.57. The van der Waals surface area contributed by atoms with E-state index in [1.54, 1.807) is 6.20 Å². The Balaban J connectivity index is 1.53. The zero-order valence-electron chi connectivity index (χ0n) is 13.1. The van der Waals surface area contributed by atoms with Gasteiger partial charge >= 0.3 is 0 Å². The lowest BCUT2D eigenvalue weighted by atomic mass is 10.1. The standard InChI is InChI=1S/C17H22N4OS/c22-16(18-8-12-20-10-2-1-3-11-20)14-4-6-15(7-5-14)21-13-9-19-17(21)23/h4-7,9,13H,1-3,8,10-12H2,(H,18,22)(H,19,23). The number of rotatable bonds is 5. The van der Waals surface area contributed by atoms with Crippen molar-refractivity contribution in [3.05, 3.63) is 47.0 Å². The number of likely N-dealkylation sites (tertiary alicyclic amines) is 1. The molecule has 1 saturated heterocycles. The fraction of sp³-hybridized carbons (Fsp3) is 0.412. The van der Waals surface area contributed by atoms with E-state index >= 15 is 0 Å². The maximum atomic E-state index is 12.2. The average molecular weight is 330 g/mol. The van der Waals surface area contributed by atoms with Crippen molar-refractivity contribution < 1.29 is 4.79 Å². The van der Waals surface area contributed by atoms with Crippen LogP contribution in [0.25, 0.3) is 5.69 Å². The van der Waals surface area contributed by atoms with Gasteiger partial charge in [-0.2, -0.15) is 0 Å². The van der Waals surface area contributed by atoms with E-state index in [0.29, 0.717) is 16.9 Å². The number of nitrogens with one attached hydrogen (secondary N) is 2. The lowest BCUT2D eigenvalue weighted by molar-refractivity contribution is 0.0946. The molecule has 0 aliphatic carbocycles. The Bertz CT molecular complexity index is 698. The smallest absolute Gasteiger partial charge is 0.251 e. The quantitative estimate of drug-likeness (QED) is 0.829. The Morgan fingerprint density at radius 1 is 1.17 bits per heavy atom. The maximum absolute atomic E-state index is 12.2. The number of imidazole rings is 1. The number of nitrogens with zero attached hydrogens (tertiary/aromatic N) is 2. The van der Waals surface area contributed by atoms with Gasteiger partial charge in [0.25, 0.3) is 5.91 Å². The van der Waals surface area contributed by atoms with Gasteiger partial charge in [-0.25, -0.2) is 0 Å². The Morgan fingerprint density at radius 3 is 2.57 bits per heavy atom. The molecule has 1 amide bonds. The summed E-state index contributed by atoms with van der Waals surface area (Å²) in [5.41, 5.74) is 1.62. The molecular formula is C17H22N4OS. The van der Waals surface area contributed by atoms with E-state index in [1.807, 2.05) is 35.0 Å². The van der Waals surface area contributed by atoms with Crippen LogP contribution < -0.4 is 5.32 Å². The van der Waals surface area contributed by atoms with Gasteiger partial charge in [0.2, 0.25) is 0 Å². The molecule has 2 N–H and O–H groups in total. The van der Waals surface area contributed by atoms with Crippen molar-refractivity contribution in [2.24, 2.45) is 0 Å². The molecular weight excluding hydrogens is 308 g/mol. The molecule has 0 unspecified atom stereocenters. The molecule has 1 fully saturated rings. The van der Waals surface area contributed by atoms with Crippen LogP contribution in [0.15, 0.2) is 36.7 Å². The summed E-state index contributed by atoms with van der Waals surface area (Å²) in [6.07, 6.45) is 7.55. The summed E-state index contributed by atoms with van der Waals surface area (Å²) < 4.78 is 2.51. The largest absolute Gasteiger partial charge is 0.351 e. The molecule has 6 heteroatoms. The van der Waals surface area contributed by atoms with Crippen LogP contribution in [-0.4, -0.2) is 46.5 Å². The molecule has 1 aromatic heterocycles. The fourth-order valence-corrected chi connectivity index (χ4v) is 3.14. The molecule has 122 valence electrons. The van der Waals surface area contributed by atoms with E-state index in [0.717, 1.165) is 25.3 Å². The minimum Gasteiger partial charge on any atom is -0.351 e. The molecule has 0 bridgehead atoms. The van der Waals surface area contributed by atoms with Crippen LogP contribution in [0.4, 0.5) is 0 Å². The van der Waals surface area contributed by atoms with Crippen molar-refractivity contribution in [2.75, 3.05) is 26.2 Å². The molecule has 1 aliphatic rings. The van der Waals surface area contributed by atoms with Gasteiger partial charge in [-0.15, -0.1) is 0 Å². The van der Waals surface area contributed by atoms with Crippen LogP contribution in [-0.2, 0) is 0 Å². The predicted octanol–water partition coefficient (Wildman–Crippen LogP) is 2.75. The monoisotopic (exact) mass is 330 g/mol. The lowest BCUT2D eigenvalue weighted by Gasteiger charge is -2.26. The maximum Gasteiger partial charge on any atom is 0.251 e. The third-order valence-corrected chi connectivity index (χ3v) is 4.53. The molecule has 1 aromatic carbocycles. The van der Waals surface area contributed by atoms with Gasteiger partial charge in [-0.05, 0) is 62.4 Å².